The van der Waals surface area contributed by atoms with Crippen molar-refractivity contribution in [3.8, 4) is 5.75 Å². The van der Waals surface area contributed by atoms with Crippen LogP contribution in [0.2, 0.25) is 0 Å². The van der Waals surface area contributed by atoms with Crippen molar-refractivity contribution in [3.63, 3.8) is 0 Å². The first-order chi connectivity index (χ1) is 6.65. The summed E-state index contributed by atoms with van der Waals surface area (Å²) in [5, 5.41) is 0.160. The topological polar surface area (TPSA) is 9.23 Å². The van der Waals surface area contributed by atoms with E-state index in [2.05, 4.69) is 19.1 Å². The van der Waals surface area contributed by atoms with Gasteiger partial charge in [-0.05, 0) is 37.5 Å². The van der Waals surface area contributed by atoms with Crippen molar-refractivity contribution in [3.05, 3.63) is 29.8 Å². The molecule has 0 aliphatic rings. The summed E-state index contributed by atoms with van der Waals surface area (Å²) in [6.45, 7) is 6.84. The van der Waals surface area contributed by atoms with Crippen LogP contribution in [0.5, 0.6) is 5.75 Å². The molecular weight excluding hydrogens is 196 g/mol. The van der Waals surface area contributed by atoms with Crippen LogP contribution in [0.1, 0.15) is 32.3 Å². The zero-order valence-electron chi connectivity index (χ0n) is 8.96. The third-order valence-corrected chi connectivity index (χ3v) is 2.78. The number of rotatable bonds is 4. The highest BCUT2D eigenvalue weighted by molar-refractivity contribution is 6.20. The molecule has 0 saturated carbocycles. The molecular formula is C12H17ClO. The van der Waals surface area contributed by atoms with E-state index >= 15 is 0 Å². The third-order valence-electron chi connectivity index (χ3n) is 2.41. The lowest BCUT2D eigenvalue weighted by atomic mass is 9.98. The van der Waals surface area contributed by atoms with Crippen LogP contribution in [0.15, 0.2) is 24.3 Å². The summed E-state index contributed by atoms with van der Waals surface area (Å²) in [5.41, 5.74) is 1.26. The Morgan fingerprint density at radius 2 is 1.79 bits per heavy atom. The van der Waals surface area contributed by atoms with Crippen molar-refractivity contribution in [1.29, 1.82) is 0 Å². The van der Waals surface area contributed by atoms with Crippen LogP contribution in [0.3, 0.4) is 0 Å². The maximum Gasteiger partial charge on any atom is 0.119 e. The van der Waals surface area contributed by atoms with E-state index in [9.17, 15) is 0 Å². The minimum atomic E-state index is 0.160. The van der Waals surface area contributed by atoms with Gasteiger partial charge in [0.15, 0.2) is 0 Å². The van der Waals surface area contributed by atoms with Gasteiger partial charge in [-0.3, -0.25) is 0 Å². The molecule has 0 heterocycles. The van der Waals surface area contributed by atoms with Crippen molar-refractivity contribution in [2.75, 3.05) is 6.61 Å². The molecule has 2 heteroatoms. The first-order valence-electron chi connectivity index (χ1n) is 5.02. The summed E-state index contributed by atoms with van der Waals surface area (Å²) in [6, 6.07) is 8.15. The van der Waals surface area contributed by atoms with Crippen molar-refractivity contribution in [2.45, 2.75) is 32.1 Å². The largest absolute Gasteiger partial charge is 0.494 e. The van der Waals surface area contributed by atoms with Gasteiger partial charge in [0.1, 0.15) is 5.75 Å². The van der Waals surface area contributed by atoms with Gasteiger partial charge in [-0.1, -0.05) is 19.1 Å². The number of ether oxygens (including phenoxy) is 1. The Kier molecular flexibility index (Phi) is 4.27. The molecule has 0 aromatic heterocycles. The maximum atomic E-state index is 6.03. The first-order valence-corrected chi connectivity index (χ1v) is 5.45. The third kappa shape index (κ3) is 2.91. The number of halogens is 1. The fourth-order valence-electron chi connectivity index (χ4n) is 1.30. The summed E-state index contributed by atoms with van der Waals surface area (Å²) in [7, 11) is 0. The molecule has 2 unspecified atom stereocenters. The minimum absolute atomic E-state index is 0.160. The van der Waals surface area contributed by atoms with Gasteiger partial charge < -0.3 is 4.74 Å². The molecule has 1 rings (SSSR count). The highest BCUT2D eigenvalue weighted by Gasteiger charge is 2.10. The van der Waals surface area contributed by atoms with Gasteiger partial charge in [-0.2, -0.15) is 0 Å². The van der Waals surface area contributed by atoms with E-state index in [4.69, 9.17) is 16.3 Å². The fourth-order valence-corrected chi connectivity index (χ4v) is 1.44. The number of benzene rings is 1. The van der Waals surface area contributed by atoms with Crippen molar-refractivity contribution in [2.24, 2.45) is 0 Å². The fraction of sp³-hybridized carbons (Fsp3) is 0.500. The Balaban J connectivity index is 2.72. The van der Waals surface area contributed by atoms with Crippen LogP contribution in [-0.2, 0) is 0 Å². The molecule has 0 aliphatic heterocycles. The molecule has 1 aromatic rings. The zero-order valence-corrected chi connectivity index (χ0v) is 9.71. The Labute approximate surface area is 91.0 Å². The van der Waals surface area contributed by atoms with Crippen LogP contribution in [-0.4, -0.2) is 12.0 Å². The summed E-state index contributed by atoms with van der Waals surface area (Å²) < 4.78 is 5.37. The molecule has 14 heavy (non-hydrogen) atoms. The maximum absolute atomic E-state index is 6.03. The Morgan fingerprint density at radius 1 is 1.21 bits per heavy atom. The lowest BCUT2D eigenvalue weighted by Gasteiger charge is -2.14. The highest BCUT2D eigenvalue weighted by atomic mass is 35.5. The Hall–Kier alpha value is -0.690. The van der Waals surface area contributed by atoms with E-state index in [-0.39, 0.29) is 5.38 Å². The monoisotopic (exact) mass is 212 g/mol. The second-order valence-corrected chi connectivity index (χ2v) is 4.16. The van der Waals surface area contributed by atoms with Crippen LogP contribution in [0.25, 0.3) is 0 Å². The van der Waals surface area contributed by atoms with Crippen molar-refractivity contribution >= 4 is 11.6 Å². The van der Waals surface area contributed by atoms with E-state index in [0.29, 0.717) is 12.5 Å². The molecule has 0 spiro atoms. The zero-order chi connectivity index (χ0) is 10.6. The molecule has 0 aliphatic carbocycles. The van der Waals surface area contributed by atoms with E-state index < -0.39 is 0 Å². The molecule has 0 amide bonds. The molecule has 0 N–H and O–H groups in total. The second kappa shape index (κ2) is 5.26. The SMILES string of the molecule is CCOc1ccc(C(C)C(C)Cl)cc1. The van der Waals surface area contributed by atoms with Crippen LogP contribution >= 0.6 is 11.6 Å². The molecule has 0 bridgehead atoms. The van der Waals surface area contributed by atoms with Gasteiger partial charge >= 0.3 is 0 Å². The lowest BCUT2D eigenvalue weighted by Crippen LogP contribution is -2.04. The average molecular weight is 213 g/mol. The number of alkyl halides is 1. The normalized spacial score (nSPS) is 14.9. The quantitative estimate of drug-likeness (QED) is 0.690. The second-order valence-electron chi connectivity index (χ2n) is 3.47. The van der Waals surface area contributed by atoms with Crippen molar-refractivity contribution < 1.29 is 4.74 Å². The Bertz CT molecular complexity index is 266. The van der Waals surface area contributed by atoms with Crippen LogP contribution < -0.4 is 4.74 Å². The molecule has 0 fully saturated rings. The lowest BCUT2D eigenvalue weighted by molar-refractivity contribution is 0.340. The summed E-state index contributed by atoms with van der Waals surface area (Å²) in [5.74, 6) is 1.30. The van der Waals surface area contributed by atoms with E-state index in [1.807, 2.05) is 26.0 Å². The highest BCUT2D eigenvalue weighted by Crippen LogP contribution is 2.24. The molecule has 0 saturated heterocycles. The molecule has 0 radical (unpaired) electrons. The van der Waals surface area contributed by atoms with Gasteiger partial charge in [0.2, 0.25) is 0 Å². The summed E-state index contributed by atoms with van der Waals surface area (Å²) >= 11 is 6.03. The molecule has 1 nitrogen and oxygen atoms in total. The summed E-state index contributed by atoms with van der Waals surface area (Å²) in [6.07, 6.45) is 0. The molecule has 78 valence electrons. The van der Waals surface area contributed by atoms with E-state index in [0.717, 1.165) is 5.75 Å². The van der Waals surface area contributed by atoms with Gasteiger partial charge in [-0.15, -0.1) is 11.6 Å². The molecule has 2 atom stereocenters. The van der Waals surface area contributed by atoms with Gasteiger partial charge in [0, 0.05) is 5.38 Å². The standard InChI is InChI=1S/C12H17ClO/c1-4-14-12-7-5-11(6-8-12)9(2)10(3)13/h5-10H,4H2,1-3H3. The van der Waals surface area contributed by atoms with Gasteiger partial charge in [0.05, 0.1) is 6.61 Å². The van der Waals surface area contributed by atoms with Crippen LogP contribution in [0, 0.1) is 0 Å². The predicted octanol–water partition coefficient (Wildman–Crippen LogP) is 3.82. The average Bonchev–Trinajstić information content (AvgIpc) is 2.18. The number of hydrogen-bond donors (Lipinski definition) is 0. The van der Waals surface area contributed by atoms with Crippen molar-refractivity contribution in [1.82, 2.24) is 0 Å². The Morgan fingerprint density at radius 3 is 2.21 bits per heavy atom. The smallest absolute Gasteiger partial charge is 0.119 e. The van der Waals surface area contributed by atoms with E-state index in [1.165, 1.54) is 5.56 Å². The van der Waals surface area contributed by atoms with Gasteiger partial charge in [0.25, 0.3) is 0 Å². The summed E-state index contributed by atoms with van der Waals surface area (Å²) in [4.78, 5) is 0. The number of hydrogen-bond acceptors (Lipinski definition) is 1. The van der Waals surface area contributed by atoms with Crippen LogP contribution in [0.4, 0.5) is 0 Å². The minimum Gasteiger partial charge on any atom is -0.494 e. The van der Waals surface area contributed by atoms with Gasteiger partial charge in [-0.25, -0.2) is 0 Å². The molecule has 1 aromatic carbocycles. The predicted molar refractivity (Wildman–Crippen MR) is 61.3 cm³/mol. The van der Waals surface area contributed by atoms with E-state index in [1.54, 1.807) is 0 Å². The first kappa shape index (κ1) is 11.4.